The summed E-state index contributed by atoms with van der Waals surface area (Å²) in [6, 6.07) is 8.38. The Morgan fingerprint density at radius 3 is 2.89 bits per heavy atom. The van der Waals surface area contributed by atoms with Crippen molar-refractivity contribution in [2.24, 2.45) is 0 Å². The maximum atomic E-state index is 12.2. The Hall–Kier alpha value is -2.10. The molecule has 0 bridgehead atoms. The molecule has 1 aromatic heterocycles. The van der Waals surface area contributed by atoms with E-state index in [1.807, 2.05) is 21.7 Å². The fourth-order valence-corrected chi connectivity index (χ4v) is 2.51. The molecule has 0 spiro atoms. The number of fused-ring (bicyclic) bond motifs is 1. The molecule has 19 heavy (non-hydrogen) atoms. The smallest absolute Gasteiger partial charge is 0.224 e. The van der Waals surface area contributed by atoms with E-state index in [0.29, 0.717) is 13.0 Å². The molecule has 0 saturated heterocycles. The minimum absolute atomic E-state index is 0.225. The minimum Gasteiger partial charge on any atom is -0.338 e. The van der Waals surface area contributed by atoms with Gasteiger partial charge in [0.2, 0.25) is 5.91 Å². The van der Waals surface area contributed by atoms with E-state index in [9.17, 15) is 4.79 Å². The van der Waals surface area contributed by atoms with E-state index in [1.54, 1.807) is 12.5 Å². The quantitative estimate of drug-likeness (QED) is 0.839. The van der Waals surface area contributed by atoms with E-state index in [4.69, 9.17) is 0 Å². The number of carbonyl (C=O) groups is 1. The second-order valence-corrected chi connectivity index (χ2v) is 4.88. The molecule has 1 aliphatic heterocycles. The average Bonchev–Trinajstić information content (AvgIpc) is 2.97. The Bertz CT molecular complexity index is 563. The molecule has 1 aromatic carbocycles. The van der Waals surface area contributed by atoms with Crippen LogP contribution in [0.3, 0.4) is 0 Å². The van der Waals surface area contributed by atoms with Crippen LogP contribution in [0.25, 0.3) is 0 Å². The van der Waals surface area contributed by atoms with Gasteiger partial charge in [-0.05, 0) is 17.5 Å². The average molecular weight is 255 g/mol. The number of carbonyl (C=O) groups excluding carboxylic acids is 1. The second-order valence-electron chi connectivity index (χ2n) is 4.88. The van der Waals surface area contributed by atoms with E-state index < -0.39 is 0 Å². The van der Waals surface area contributed by atoms with Gasteiger partial charge in [-0.3, -0.25) is 4.79 Å². The van der Waals surface area contributed by atoms with Crippen LogP contribution in [0.15, 0.2) is 43.0 Å². The summed E-state index contributed by atoms with van der Waals surface area (Å²) in [7, 11) is 0. The van der Waals surface area contributed by atoms with Gasteiger partial charge in [0.1, 0.15) is 0 Å². The molecular formula is C15H17N3O. The number of aromatic nitrogens is 2. The molecule has 98 valence electrons. The zero-order chi connectivity index (χ0) is 13.1. The number of hydrogen-bond acceptors (Lipinski definition) is 2. The molecule has 4 heteroatoms. The lowest BCUT2D eigenvalue weighted by Crippen LogP contribution is -2.36. The van der Waals surface area contributed by atoms with E-state index in [-0.39, 0.29) is 5.91 Å². The molecule has 3 rings (SSSR count). The van der Waals surface area contributed by atoms with E-state index in [1.165, 1.54) is 11.1 Å². The van der Waals surface area contributed by atoms with Crippen LogP contribution in [-0.4, -0.2) is 26.9 Å². The van der Waals surface area contributed by atoms with Crippen LogP contribution in [0.1, 0.15) is 17.5 Å². The van der Waals surface area contributed by atoms with Crippen molar-refractivity contribution in [3.8, 4) is 0 Å². The van der Waals surface area contributed by atoms with Crippen LogP contribution < -0.4 is 0 Å². The molecule has 0 saturated carbocycles. The van der Waals surface area contributed by atoms with Crippen molar-refractivity contribution in [3.63, 3.8) is 0 Å². The predicted octanol–water partition coefficient (Wildman–Crippen LogP) is 1.86. The van der Waals surface area contributed by atoms with Crippen molar-refractivity contribution >= 4 is 5.91 Å². The molecule has 0 aliphatic carbocycles. The fourth-order valence-electron chi connectivity index (χ4n) is 2.51. The maximum absolute atomic E-state index is 12.2. The van der Waals surface area contributed by atoms with Gasteiger partial charge in [-0.15, -0.1) is 0 Å². The topological polar surface area (TPSA) is 38.1 Å². The molecule has 0 N–H and O–H groups in total. The third kappa shape index (κ3) is 2.67. The van der Waals surface area contributed by atoms with Crippen LogP contribution in [0.2, 0.25) is 0 Å². The van der Waals surface area contributed by atoms with Gasteiger partial charge in [0.15, 0.2) is 0 Å². The summed E-state index contributed by atoms with van der Waals surface area (Å²) in [5, 5.41) is 0. The molecule has 1 amide bonds. The van der Waals surface area contributed by atoms with Crippen LogP contribution in [-0.2, 0) is 24.3 Å². The van der Waals surface area contributed by atoms with Gasteiger partial charge in [0.05, 0.1) is 6.33 Å². The van der Waals surface area contributed by atoms with Crippen LogP contribution in [0, 0.1) is 0 Å². The molecule has 1 aliphatic rings. The summed E-state index contributed by atoms with van der Waals surface area (Å²) in [5.41, 5.74) is 2.66. The number of aryl methyl sites for hydroxylation is 1. The molecule has 4 nitrogen and oxygen atoms in total. The molecule has 2 heterocycles. The number of amides is 1. The van der Waals surface area contributed by atoms with Crippen LogP contribution >= 0.6 is 0 Å². The zero-order valence-corrected chi connectivity index (χ0v) is 10.8. The van der Waals surface area contributed by atoms with Gasteiger partial charge in [-0.1, -0.05) is 24.3 Å². The standard InChI is InChI=1S/C15H17N3O/c19-15(6-8-17-10-7-16-12-17)18-9-5-13-3-1-2-4-14(13)11-18/h1-4,7,10,12H,5-6,8-9,11H2. The highest BCUT2D eigenvalue weighted by Gasteiger charge is 2.19. The van der Waals surface area contributed by atoms with E-state index >= 15 is 0 Å². The van der Waals surface area contributed by atoms with Gasteiger partial charge in [0.25, 0.3) is 0 Å². The first-order chi connectivity index (χ1) is 9.33. The Morgan fingerprint density at radius 1 is 1.26 bits per heavy atom. The number of hydrogen-bond donors (Lipinski definition) is 0. The number of rotatable bonds is 3. The van der Waals surface area contributed by atoms with Crippen molar-refractivity contribution in [2.45, 2.75) is 25.9 Å². The highest BCUT2D eigenvalue weighted by atomic mass is 16.2. The Balaban J connectivity index is 1.60. The van der Waals surface area contributed by atoms with Gasteiger partial charge in [0, 0.05) is 38.4 Å². The van der Waals surface area contributed by atoms with Gasteiger partial charge in [-0.25, -0.2) is 4.98 Å². The summed E-state index contributed by atoms with van der Waals surface area (Å²) in [6.45, 7) is 2.29. The first-order valence-corrected chi connectivity index (χ1v) is 6.63. The maximum Gasteiger partial charge on any atom is 0.224 e. The predicted molar refractivity (Wildman–Crippen MR) is 72.4 cm³/mol. The summed E-state index contributed by atoms with van der Waals surface area (Å²) >= 11 is 0. The van der Waals surface area contributed by atoms with E-state index in [2.05, 4.69) is 23.2 Å². The molecule has 2 aromatic rings. The van der Waals surface area contributed by atoms with Gasteiger partial charge >= 0.3 is 0 Å². The molecular weight excluding hydrogens is 238 g/mol. The van der Waals surface area contributed by atoms with Crippen molar-refractivity contribution < 1.29 is 4.79 Å². The molecule has 0 unspecified atom stereocenters. The first-order valence-electron chi connectivity index (χ1n) is 6.63. The molecule has 0 atom stereocenters. The third-order valence-electron chi connectivity index (χ3n) is 3.63. The van der Waals surface area contributed by atoms with Crippen LogP contribution in [0.4, 0.5) is 0 Å². The monoisotopic (exact) mass is 255 g/mol. The highest BCUT2D eigenvalue weighted by molar-refractivity contribution is 5.76. The number of benzene rings is 1. The summed E-state index contributed by atoms with van der Waals surface area (Å²) in [5.74, 6) is 0.225. The van der Waals surface area contributed by atoms with Crippen molar-refractivity contribution in [3.05, 3.63) is 54.1 Å². The van der Waals surface area contributed by atoms with Crippen molar-refractivity contribution in [2.75, 3.05) is 6.54 Å². The molecule has 0 radical (unpaired) electrons. The Kier molecular flexibility index (Phi) is 3.31. The molecule has 0 fully saturated rings. The summed E-state index contributed by atoms with van der Waals surface area (Å²) in [6.07, 6.45) is 6.88. The lowest BCUT2D eigenvalue weighted by Gasteiger charge is -2.29. The first kappa shape index (κ1) is 12.0. The Morgan fingerprint density at radius 2 is 2.11 bits per heavy atom. The van der Waals surface area contributed by atoms with Crippen molar-refractivity contribution in [1.82, 2.24) is 14.5 Å². The summed E-state index contributed by atoms with van der Waals surface area (Å²) in [4.78, 5) is 18.1. The van der Waals surface area contributed by atoms with E-state index in [0.717, 1.165) is 19.5 Å². The fraction of sp³-hybridized carbons (Fsp3) is 0.333. The second kappa shape index (κ2) is 5.26. The van der Waals surface area contributed by atoms with Gasteiger partial charge < -0.3 is 9.47 Å². The zero-order valence-electron chi connectivity index (χ0n) is 10.8. The Labute approximate surface area is 112 Å². The lowest BCUT2D eigenvalue weighted by molar-refractivity contribution is -0.132. The SMILES string of the molecule is O=C(CCn1ccnc1)N1CCc2ccccc2C1. The largest absolute Gasteiger partial charge is 0.338 e. The highest BCUT2D eigenvalue weighted by Crippen LogP contribution is 2.19. The van der Waals surface area contributed by atoms with Crippen molar-refractivity contribution in [1.29, 1.82) is 0 Å². The lowest BCUT2D eigenvalue weighted by atomic mass is 10.00. The minimum atomic E-state index is 0.225. The normalized spacial score (nSPS) is 14.2. The van der Waals surface area contributed by atoms with Gasteiger partial charge in [-0.2, -0.15) is 0 Å². The third-order valence-corrected chi connectivity index (χ3v) is 3.63. The number of nitrogens with zero attached hydrogens (tertiary/aromatic N) is 3. The van der Waals surface area contributed by atoms with Crippen LogP contribution in [0.5, 0.6) is 0 Å². The number of imidazole rings is 1. The summed E-state index contributed by atoms with van der Waals surface area (Å²) < 4.78 is 1.94.